The van der Waals surface area contributed by atoms with Crippen molar-refractivity contribution in [1.82, 2.24) is 19.5 Å². The number of carboxylic acids is 2. The van der Waals surface area contributed by atoms with E-state index in [0.29, 0.717) is 30.8 Å². The molecular weight excluding hydrogens is 827 g/mol. The molecule has 19 heteroatoms. The Morgan fingerprint density at radius 2 is 1.59 bits per heavy atom. The molecule has 1 atom stereocenters. The Morgan fingerprint density at radius 1 is 0.983 bits per heavy atom. The highest BCUT2D eigenvalue weighted by molar-refractivity contribution is 7.89. The summed E-state index contributed by atoms with van der Waals surface area (Å²) in [6, 6.07) is 9.78. The second kappa shape index (κ2) is 20.4. The van der Waals surface area contributed by atoms with Gasteiger partial charge in [0, 0.05) is 61.1 Å². The minimum absolute atomic E-state index is 0.102. The summed E-state index contributed by atoms with van der Waals surface area (Å²) in [6.07, 6.45) is 1.09. The third-order valence-electron chi connectivity index (χ3n) is 10.1. The third-order valence-corrected chi connectivity index (χ3v) is 12.6. The van der Waals surface area contributed by atoms with Gasteiger partial charge in [0.25, 0.3) is 0 Å². The van der Waals surface area contributed by atoms with Gasteiger partial charge in [-0.25, -0.2) is 13.4 Å². The van der Waals surface area contributed by atoms with Crippen molar-refractivity contribution in [2.75, 3.05) is 67.1 Å². The molecule has 0 saturated carbocycles. The number of nitrogens with zero attached hydrogens (tertiary/aromatic N) is 4. The van der Waals surface area contributed by atoms with Gasteiger partial charge in [0.05, 0.1) is 51.6 Å². The molecule has 0 unspecified atom stereocenters. The Morgan fingerprint density at radius 3 is 2.19 bits per heavy atom. The van der Waals surface area contributed by atoms with Crippen LogP contribution in [0.1, 0.15) is 55.3 Å². The number of pyridine rings is 1. The van der Waals surface area contributed by atoms with Gasteiger partial charge in [0.15, 0.2) is 0 Å². The molecule has 2 saturated heterocycles. The summed E-state index contributed by atoms with van der Waals surface area (Å²) in [5, 5.41) is 16.9. The number of halogens is 2. The Labute approximate surface area is 355 Å². The molecule has 0 bridgehead atoms. The summed E-state index contributed by atoms with van der Waals surface area (Å²) in [4.78, 5) is 54.3. The minimum atomic E-state index is -4.35. The van der Waals surface area contributed by atoms with Gasteiger partial charge in [0.2, 0.25) is 21.8 Å². The van der Waals surface area contributed by atoms with Crippen molar-refractivity contribution in [3.05, 3.63) is 63.3 Å². The van der Waals surface area contributed by atoms with Crippen molar-refractivity contribution in [3.63, 3.8) is 0 Å². The van der Waals surface area contributed by atoms with Crippen LogP contribution >= 0.6 is 23.2 Å². The first-order valence-electron chi connectivity index (χ1n) is 19.3. The minimum Gasteiger partial charge on any atom is -0.487 e. The van der Waals surface area contributed by atoms with Crippen LogP contribution in [0.25, 0.3) is 10.9 Å². The second-order valence-corrected chi connectivity index (χ2v) is 18.3. The van der Waals surface area contributed by atoms with Crippen LogP contribution in [-0.4, -0.2) is 140 Å². The SMILES string of the molecule is Cc1cc(C)c2cccc(OCc3c(Cl)ccc(S(=O)(=O)NC4(C(=O)N5CCN(C(=O)[C@@H](N)CCC[N+](C)(C)C)CC5)CCOCC4)c3Cl)c2n1.O=C(O)CCC(=O)O. The maximum atomic E-state index is 14.2. The number of aryl methyl sites for hydroxylation is 2. The van der Waals surface area contributed by atoms with Crippen LogP contribution < -0.4 is 15.2 Å². The monoisotopic (exact) mass is 881 g/mol. The number of carbonyl (C=O) groups excluding carboxylic acids is 2. The van der Waals surface area contributed by atoms with E-state index in [-0.39, 0.29) is 90.9 Å². The smallest absolute Gasteiger partial charge is 0.303 e. The first-order valence-corrected chi connectivity index (χ1v) is 21.5. The number of carboxylic acid groups (broad SMARTS) is 2. The lowest BCUT2D eigenvalue weighted by Gasteiger charge is -2.43. The van der Waals surface area contributed by atoms with E-state index in [1.165, 1.54) is 12.1 Å². The van der Waals surface area contributed by atoms with E-state index in [9.17, 15) is 27.6 Å². The average molecular weight is 883 g/mol. The molecule has 2 amide bonds. The molecule has 5 N–H and O–H groups in total. The number of aliphatic carboxylic acids is 2. The van der Waals surface area contributed by atoms with Gasteiger partial charge in [-0.3, -0.25) is 19.2 Å². The fraction of sp³-hybridized carbons (Fsp3) is 0.525. The number of ether oxygens (including phenoxy) is 2. The second-order valence-electron chi connectivity index (χ2n) is 15.8. The lowest BCUT2D eigenvalue weighted by molar-refractivity contribution is -0.870. The Balaban J connectivity index is 0.000000870. The predicted octanol–water partition coefficient (Wildman–Crippen LogP) is 3.99. The molecule has 2 aromatic carbocycles. The molecule has 2 aliphatic heterocycles. The Hall–Kier alpha value is -4.10. The van der Waals surface area contributed by atoms with Crippen LogP contribution in [0.5, 0.6) is 5.75 Å². The summed E-state index contributed by atoms with van der Waals surface area (Å²) < 4.78 is 43.4. The van der Waals surface area contributed by atoms with Crippen LogP contribution in [0.4, 0.5) is 0 Å². The number of rotatable bonds is 15. The third kappa shape index (κ3) is 12.9. The molecular formula is C40H55Cl2N6O10S+. The van der Waals surface area contributed by atoms with Gasteiger partial charge in [-0.2, -0.15) is 4.72 Å². The number of nitrogens with one attached hydrogen (secondary N) is 1. The topological polar surface area (TPSA) is 219 Å². The van der Waals surface area contributed by atoms with Crippen LogP contribution in [0.2, 0.25) is 10.0 Å². The molecule has 0 aliphatic carbocycles. The number of fused-ring (bicyclic) bond motifs is 1. The fourth-order valence-corrected chi connectivity index (χ4v) is 9.23. The molecule has 59 heavy (non-hydrogen) atoms. The van der Waals surface area contributed by atoms with Crippen LogP contribution in [0.3, 0.4) is 0 Å². The van der Waals surface area contributed by atoms with Crippen molar-refractivity contribution < 1.29 is 51.8 Å². The number of aromatic nitrogens is 1. The van der Waals surface area contributed by atoms with Gasteiger partial charge in [-0.15, -0.1) is 0 Å². The Bertz CT molecular complexity index is 2100. The van der Waals surface area contributed by atoms with Crippen molar-refractivity contribution in [2.24, 2.45) is 5.73 Å². The van der Waals surface area contributed by atoms with Crippen LogP contribution in [0.15, 0.2) is 41.3 Å². The highest BCUT2D eigenvalue weighted by atomic mass is 35.5. The summed E-state index contributed by atoms with van der Waals surface area (Å²) >= 11 is 13.3. The largest absolute Gasteiger partial charge is 0.487 e. The molecule has 0 spiro atoms. The van der Waals surface area contributed by atoms with E-state index in [4.69, 9.17) is 48.6 Å². The van der Waals surface area contributed by atoms with Crippen molar-refractivity contribution in [1.29, 1.82) is 0 Å². The highest BCUT2D eigenvalue weighted by Crippen LogP contribution is 2.35. The average Bonchev–Trinajstić information content (AvgIpc) is 3.16. The zero-order chi connectivity index (χ0) is 43.7. The van der Waals surface area contributed by atoms with E-state index < -0.39 is 33.5 Å². The van der Waals surface area contributed by atoms with E-state index in [1.807, 2.05) is 32.0 Å². The number of piperazine rings is 1. The fourth-order valence-electron chi connectivity index (χ4n) is 6.92. The first kappa shape index (κ1) is 47.6. The van der Waals surface area contributed by atoms with Crippen molar-refractivity contribution in [3.8, 4) is 5.75 Å². The van der Waals surface area contributed by atoms with E-state index in [2.05, 4.69) is 30.8 Å². The molecule has 5 rings (SSSR count). The normalized spacial score (nSPS) is 16.2. The van der Waals surface area contributed by atoms with Crippen molar-refractivity contribution >= 4 is 67.9 Å². The maximum absolute atomic E-state index is 14.2. The van der Waals surface area contributed by atoms with Gasteiger partial charge in [-0.1, -0.05) is 35.3 Å². The number of benzene rings is 2. The lowest BCUT2D eigenvalue weighted by Crippen LogP contribution is -2.64. The number of quaternary nitrogens is 1. The number of hydrogen-bond donors (Lipinski definition) is 4. The summed E-state index contributed by atoms with van der Waals surface area (Å²) in [5.41, 5.74) is 7.63. The lowest BCUT2D eigenvalue weighted by atomic mass is 9.89. The molecule has 2 fully saturated rings. The number of hydrogen-bond acceptors (Lipinski definition) is 10. The van der Waals surface area contributed by atoms with E-state index in [0.717, 1.165) is 34.1 Å². The van der Waals surface area contributed by atoms with Gasteiger partial charge >= 0.3 is 11.9 Å². The molecule has 16 nitrogen and oxygen atoms in total. The quantitative estimate of drug-likeness (QED) is 0.159. The maximum Gasteiger partial charge on any atom is 0.303 e. The zero-order valence-corrected chi connectivity index (χ0v) is 36.5. The first-order chi connectivity index (χ1) is 27.6. The van der Waals surface area contributed by atoms with Gasteiger partial charge in [-0.05, 0) is 69.4 Å². The molecule has 324 valence electrons. The number of para-hydroxylation sites is 1. The number of carbonyl (C=O) groups is 4. The highest BCUT2D eigenvalue weighted by Gasteiger charge is 2.47. The Kier molecular flexibility index (Phi) is 16.5. The van der Waals surface area contributed by atoms with E-state index >= 15 is 0 Å². The van der Waals surface area contributed by atoms with Crippen LogP contribution in [0, 0.1) is 13.8 Å². The zero-order valence-electron chi connectivity index (χ0n) is 34.1. The summed E-state index contributed by atoms with van der Waals surface area (Å²) in [7, 11) is 1.94. The predicted molar refractivity (Wildman–Crippen MR) is 223 cm³/mol. The number of nitrogens with two attached hydrogens (primary N) is 1. The molecule has 3 aromatic rings. The van der Waals surface area contributed by atoms with Crippen molar-refractivity contribution in [2.45, 2.75) is 75.5 Å². The summed E-state index contributed by atoms with van der Waals surface area (Å²) in [6.45, 7) is 6.21. The van der Waals surface area contributed by atoms with Gasteiger partial charge < -0.3 is 39.7 Å². The standard InChI is InChI=1S/C36H49Cl2N6O6S.C4H6O4/c1-24-22-25(2)40-33-26(24)8-6-10-30(33)50-23-27-28(37)11-12-31(32(27)38)51(47,48)41-36(13-20-49-21-14-36)35(46)43-17-15-42(16-18-43)34(45)29(39)9-7-19-44(3,4)5;5-3(6)1-2-4(7)8/h6,8,10-12,22,29,41H,7,9,13-21,23,39H2,1-5H3;1-2H2,(H,5,6)(H,7,8)/q+1;/t29-;/m0./s1. The number of amides is 2. The molecule has 1 aromatic heterocycles. The molecule has 0 radical (unpaired) electrons. The molecule has 3 heterocycles. The number of sulfonamides is 1. The summed E-state index contributed by atoms with van der Waals surface area (Å²) in [5.74, 6) is -2.14. The molecule has 2 aliphatic rings. The van der Waals surface area contributed by atoms with Crippen LogP contribution in [-0.2, 0) is 40.5 Å². The van der Waals surface area contributed by atoms with E-state index in [1.54, 1.807) is 15.9 Å². The van der Waals surface area contributed by atoms with Gasteiger partial charge in [0.1, 0.15) is 28.3 Å².